The van der Waals surface area contributed by atoms with Crippen molar-refractivity contribution in [3.8, 4) is 5.75 Å². The summed E-state index contributed by atoms with van der Waals surface area (Å²) < 4.78 is 5.43. The number of anilines is 1. The van der Waals surface area contributed by atoms with E-state index in [1.807, 2.05) is 13.1 Å². The van der Waals surface area contributed by atoms with E-state index in [1.165, 1.54) is 5.56 Å². The molecule has 3 nitrogen and oxygen atoms in total. The van der Waals surface area contributed by atoms with Gasteiger partial charge >= 0.3 is 0 Å². The van der Waals surface area contributed by atoms with Crippen LogP contribution in [-0.2, 0) is 5.41 Å². The Balaban J connectivity index is 2.77. The summed E-state index contributed by atoms with van der Waals surface area (Å²) >= 11 is 0. The van der Waals surface area contributed by atoms with Gasteiger partial charge in [0.1, 0.15) is 5.75 Å². The summed E-state index contributed by atoms with van der Waals surface area (Å²) in [4.78, 5) is 0. The Kier molecular flexibility index (Phi) is 5.48. The maximum Gasteiger partial charge on any atom is 0.122 e. The lowest BCUT2D eigenvalue weighted by Crippen LogP contribution is -2.15. The fourth-order valence-electron chi connectivity index (χ4n) is 1.90. The van der Waals surface area contributed by atoms with Gasteiger partial charge in [0.25, 0.3) is 0 Å². The second kappa shape index (κ2) is 6.64. The summed E-state index contributed by atoms with van der Waals surface area (Å²) in [6, 6.07) is 6.31. The van der Waals surface area contributed by atoms with E-state index in [4.69, 9.17) is 4.74 Å². The molecule has 0 saturated carbocycles. The van der Waals surface area contributed by atoms with Gasteiger partial charge in [-0.3, -0.25) is 0 Å². The van der Waals surface area contributed by atoms with Gasteiger partial charge in [0, 0.05) is 17.8 Å². The summed E-state index contributed by atoms with van der Waals surface area (Å²) in [5, 5.41) is 6.60. The Bertz CT molecular complexity index is 369. The van der Waals surface area contributed by atoms with Gasteiger partial charge in [0.05, 0.1) is 7.11 Å². The molecule has 0 radical (unpaired) electrons. The minimum atomic E-state index is 0.0913. The normalized spacial score (nSPS) is 11.4. The van der Waals surface area contributed by atoms with Crippen LogP contribution in [-0.4, -0.2) is 27.2 Å². The van der Waals surface area contributed by atoms with Crippen molar-refractivity contribution in [2.45, 2.75) is 32.6 Å². The molecule has 0 aliphatic carbocycles. The number of nitrogens with one attached hydrogen (secondary N) is 2. The van der Waals surface area contributed by atoms with Crippen LogP contribution in [0.4, 0.5) is 5.69 Å². The standard InChI is InChI=1S/C15H26N2O/c1-15(2,3)13-11-12(7-8-14(13)18-5)17-10-6-9-16-4/h7-8,11,16-17H,6,9-10H2,1-5H3. The first-order chi connectivity index (χ1) is 8.49. The Labute approximate surface area is 111 Å². The van der Waals surface area contributed by atoms with Crippen LogP contribution < -0.4 is 15.4 Å². The fourth-order valence-corrected chi connectivity index (χ4v) is 1.90. The molecule has 0 fully saturated rings. The summed E-state index contributed by atoms with van der Waals surface area (Å²) in [6.45, 7) is 8.63. The fraction of sp³-hybridized carbons (Fsp3) is 0.600. The lowest BCUT2D eigenvalue weighted by atomic mass is 9.86. The van der Waals surface area contributed by atoms with Crippen LogP contribution >= 0.6 is 0 Å². The molecule has 18 heavy (non-hydrogen) atoms. The summed E-state index contributed by atoms with van der Waals surface area (Å²) in [5.74, 6) is 0.961. The highest BCUT2D eigenvalue weighted by Gasteiger charge is 2.19. The maximum absolute atomic E-state index is 5.43. The van der Waals surface area contributed by atoms with Crippen LogP contribution in [0.25, 0.3) is 0 Å². The molecule has 102 valence electrons. The second-order valence-corrected chi connectivity index (χ2v) is 5.55. The molecule has 3 heteroatoms. The van der Waals surface area contributed by atoms with Crippen LogP contribution in [0.2, 0.25) is 0 Å². The van der Waals surface area contributed by atoms with Crippen LogP contribution in [0.1, 0.15) is 32.8 Å². The lowest BCUT2D eigenvalue weighted by molar-refractivity contribution is 0.397. The molecule has 0 saturated heterocycles. The number of hydrogen-bond donors (Lipinski definition) is 2. The quantitative estimate of drug-likeness (QED) is 0.761. The van der Waals surface area contributed by atoms with Crippen molar-refractivity contribution in [2.75, 3.05) is 32.6 Å². The van der Waals surface area contributed by atoms with Gasteiger partial charge in [-0.25, -0.2) is 0 Å². The molecule has 0 aliphatic heterocycles. The first-order valence-electron chi connectivity index (χ1n) is 6.56. The molecule has 2 N–H and O–H groups in total. The van der Waals surface area contributed by atoms with Gasteiger partial charge in [-0.05, 0) is 43.6 Å². The third-order valence-corrected chi connectivity index (χ3v) is 2.94. The van der Waals surface area contributed by atoms with E-state index in [1.54, 1.807) is 7.11 Å². The number of ether oxygens (including phenoxy) is 1. The van der Waals surface area contributed by atoms with Crippen molar-refractivity contribution in [3.63, 3.8) is 0 Å². The number of hydrogen-bond acceptors (Lipinski definition) is 3. The van der Waals surface area contributed by atoms with E-state index in [2.05, 4.69) is 43.5 Å². The second-order valence-electron chi connectivity index (χ2n) is 5.55. The van der Waals surface area contributed by atoms with Crippen LogP contribution in [0.15, 0.2) is 18.2 Å². The highest BCUT2D eigenvalue weighted by molar-refractivity contribution is 5.53. The van der Waals surface area contributed by atoms with Crippen molar-refractivity contribution in [1.82, 2.24) is 5.32 Å². The SMILES string of the molecule is CNCCCNc1ccc(OC)c(C(C)(C)C)c1. The summed E-state index contributed by atoms with van der Waals surface area (Å²) in [5.41, 5.74) is 2.49. The molecule has 0 spiro atoms. The monoisotopic (exact) mass is 250 g/mol. The maximum atomic E-state index is 5.43. The van der Waals surface area contributed by atoms with Crippen LogP contribution in [0, 0.1) is 0 Å². The van der Waals surface area contributed by atoms with Crippen molar-refractivity contribution < 1.29 is 4.74 Å². The van der Waals surface area contributed by atoms with E-state index < -0.39 is 0 Å². The van der Waals surface area contributed by atoms with Gasteiger partial charge < -0.3 is 15.4 Å². The van der Waals surface area contributed by atoms with Gasteiger partial charge in [-0.1, -0.05) is 20.8 Å². The molecule has 0 aromatic heterocycles. The zero-order valence-corrected chi connectivity index (χ0v) is 12.3. The molecule has 0 aliphatic rings. The molecule has 0 heterocycles. The number of rotatable bonds is 6. The van der Waals surface area contributed by atoms with E-state index in [0.29, 0.717) is 0 Å². The molecule has 1 aromatic rings. The summed E-state index contributed by atoms with van der Waals surface area (Å²) in [7, 11) is 3.70. The van der Waals surface area contributed by atoms with Gasteiger partial charge in [0.2, 0.25) is 0 Å². The Hall–Kier alpha value is -1.22. The molecule has 0 bridgehead atoms. The van der Waals surface area contributed by atoms with E-state index >= 15 is 0 Å². The zero-order valence-electron chi connectivity index (χ0n) is 12.3. The average molecular weight is 250 g/mol. The molecule has 0 amide bonds. The highest BCUT2D eigenvalue weighted by atomic mass is 16.5. The van der Waals surface area contributed by atoms with Crippen molar-refractivity contribution >= 4 is 5.69 Å². The predicted octanol–water partition coefficient (Wildman–Crippen LogP) is 3.01. The third kappa shape index (κ3) is 4.22. The Morgan fingerprint density at radius 2 is 1.89 bits per heavy atom. The van der Waals surface area contributed by atoms with E-state index in [9.17, 15) is 0 Å². The highest BCUT2D eigenvalue weighted by Crippen LogP contribution is 2.33. The van der Waals surface area contributed by atoms with Crippen LogP contribution in [0.5, 0.6) is 5.75 Å². The molecule has 1 aromatic carbocycles. The average Bonchev–Trinajstić information content (AvgIpc) is 2.33. The van der Waals surface area contributed by atoms with Crippen LogP contribution in [0.3, 0.4) is 0 Å². The molecular weight excluding hydrogens is 224 g/mol. The van der Waals surface area contributed by atoms with Gasteiger partial charge in [-0.2, -0.15) is 0 Å². The smallest absolute Gasteiger partial charge is 0.122 e. The van der Waals surface area contributed by atoms with Crippen molar-refractivity contribution in [3.05, 3.63) is 23.8 Å². The van der Waals surface area contributed by atoms with E-state index in [0.717, 1.165) is 30.9 Å². The zero-order chi connectivity index (χ0) is 13.6. The van der Waals surface area contributed by atoms with E-state index in [-0.39, 0.29) is 5.41 Å². The van der Waals surface area contributed by atoms with Crippen molar-refractivity contribution in [1.29, 1.82) is 0 Å². The summed E-state index contributed by atoms with van der Waals surface area (Å²) in [6.07, 6.45) is 1.12. The number of benzene rings is 1. The Morgan fingerprint density at radius 1 is 1.17 bits per heavy atom. The molecular formula is C15H26N2O. The first kappa shape index (κ1) is 14.8. The lowest BCUT2D eigenvalue weighted by Gasteiger charge is -2.23. The third-order valence-electron chi connectivity index (χ3n) is 2.94. The predicted molar refractivity (Wildman–Crippen MR) is 78.7 cm³/mol. The molecule has 0 unspecified atom stereocenters. The number of methoxy groups -OCH3 is 1. The molecule has 1 rings (SSSR count). The van der Waals surface area contributed by atoms with Crippen molar-refractivity contribution in [2.24, 2.45) is 0 Å². The minimum Gasteiger partial charge on any atom is -0.496 e. The molecule has 0 atom stereocenters. The Morgan fingerprint density at radius 3 is 2.44 bits per heavy atom. The minimum absolute atomic E-state index is 0.0913. The van der Waals surface area contributed by atoms with Gasteiger partial charge in [0.15, 0.2) is 0 Å². The largest absolute Gasteiger partial charge is 0.496 e. The topological polar surface area (TPSA) is 33.3 Å². The van der Waals surface area contributed by atoms with Gasteiger partial charge in [-0.15, -0.1) is 0 Å². The first-order valence-corrected chi connectivity index (χ1v) is 6.56.